The molecule has 1 saturated heterocycles. The summed E-state index contributed by atoms with van der Waals surface area (Å²) >= 11 is 3.05. The lowest BCUT2D eigenvalue weighted by atomic mass is 9.93. The van der Waals surface area contributed by atoms with Crippen LogP contribution in [0.1, 0.15) is 25.3 Å². The van der Waals surface area contributed by atoms with Crippen LogP contribution in [-0.2, 0) is 10.0 Å². The predicted octanol–water partition coefficient (Wildman–Crippen LogP) is 3.07. The van der Waals surface area contributed by atoms with Gasteiger partial charge in [0, 0.05) is 19.1 Å². The molecule has 0 radical (unpaired) electrons. The third kappa shape index (κ3) is 4.00. The Balaban J connectivity index is 0.00000242. The van der Waals surface area contributed by atoms with E-state index in [0.717, 1.165) is 12.8 Å². The third-order valence-corrected chi connectivity index (χ3v) is 6.61. The monoisotopic (exact) mass is 414 g/mol. The van der Waals surface area contributed by atoms with Gasteiger partial charge in [-0.2, -0.15) is 4.31 Å². The highest BCUT2D eigenvalue weighted by Crippen LogP contribution is 2.29. The first-order valence-electron chi connectivity index (χ1n) is 6.95. The predicted molar refractivity (Wildman–Crippen MR) is 91.2 cm³/mol. The Hall–Kier alpha value is -0.210. The van der Waals surface area contributed by atoms with Crippen LogP contribution >= 0.6 is 28.3 Å². The summed E-state index contributed by atoms with van der Waals surface area (Å²) in [5.41, 5.74) is 6.32. The summed E-state index contributed by atoms with van der Waals surface area (Å²) in [6, 6.07) is 2.54. The molecule has 2 rings (SSSR count). The van der Waals surface area contributed by atoms with Crippen molar-refractivity contribution in [1.82, 2.24) is 4.31 Å². The number of benzene rings is 1. The zero-order chi connectivity index (χ0) is 15.8. The van der Waals surface area contributed by atoms with E-state index in [0.29, 0.717) is 18.7 Å². The first-order chi connectivity index (χ1) is 9.73. The van der Waals surface area contributed by atoms with E-state index in [1.165, 1.54) is 16.4 Å². The van der Waals surface area contributed by atoms with Gasteiger partial charge in [-0.1, -0.05) is 0 Å². The van der Waals surface area contributed by atoms with Gasteiger partial charge in [-0.25, -0.2) is 12.8 Å². The van der Waals surface area contributed by atoms with Crippen molar-refractivity contribution in [3.8, 4) is 0 Å². The highest BCUT2D eigenvalue weighted by Gasteiger charge is 2.32. The second-order valence-corrected chi connectivity index (χ2v) is 8.42. The Labute approximate surface area is 145 Å². The van der Waals surface area contributed by atoms with E-state index < -0.39 is 15.8 Å². The molecule has 2 unspecified atom stereocenters. The standard InChI is InChI=1S/C14H20BrFN2O2S.ClH/c1-9-6-13(16)12(15)7-14(9)21(19,20)18-5-3-4-11(8-18)10(2)17;/h6-7,10-11H,3-5,8,17H2,1-2H3;1H. The Morgan fingerprint density at radius 2 is 2.09 bits per heavy atom. The highest BCUT2D eigenvalue weighted by atomic mass is 79.9. The van der Waals surface area contributed by atoms with Crippen LogP contribution in [0.3, 0.4) is 0 Å². The Morgan fingerprint density at radius 1 is 1.45 bits per heavy atom. The molecule has 2 atom stereocenters. The third-order valence-electron chi connectivity index (χ3n) is 4.00. The Morgan fingerprint density at radius 3 is 2.68 bits per heavy atom. The molecule has 126 valence electrons. The topological polar surface area (TPSA) is 63.4 Å². The summed E-state index contributed by atoms with van der Waals surface area (Å²) in [5.74, 6) is -0.295. The molecule has 22 heavy (non-hydrogen) atoms. The molecule has 0 saturated carbocycles. The van der Waals surface area contributed by atoms with Gasteiger partial charge in [0.25, 0.3) is 0 Å². The fourth-order valence-electron chi connectivity index (χ4n) is 2.67. The second-order valence-electron chi connectivity index (χ2n) is 5.66. The zero-order valence-electron chi connectivity index (χ0n) is 12.6. The van der Waals surface area contributed by atoms with Crippen LogP contribution in [0.15, 0.2) is 21.5 Å². The maximum absolute atomic E-state index is 13.5. The van der Waals surface area contributed by atoms with E-state index in [9.17, 15) is 12.8 Å². The highest BCUT2D eigenvalue weighted by molar-refractivity contribution is 9.10. The summed E-state index contributed by atoms with van der Waals surface area (Å²) in [6.45, 7) is 4.42. The second kappa shape index (κ2) is 7.57. The van der Waals surface area contributed by atoms with Crippen molar-refractivity contribution in [1.29, 1.82) is 0 Å². The van der Waals surface area contributed by atoms with Crippen LogP contribution in [0.2, 0.25) is 0 Å². The molecule has 4 nitrogen and oxygen atoms in total. The first kappa shape index (κ1) is 19.8. The van der Waals surface area contributed by atoms with Gasteiger partial charge in [-0.3, -0.25) is 0 Å². The SMILES string of the molecule is Cc1cc(F)c(Br)cc1S(=O)(=O)N1CCCC(C(C)N)C1.Cl. The molecule has 0 amide bonds. The number of rotatable bonds is 3. The van der Waals surface area contributed by atoms with E-state index in [1.807, 2.05) is 6.92 Å². The van der Waals surface area contributed by atoms with Crippen molar-refractivity contribution in [2.45, 2.75) is 37.6 Å². The van der Waals surface area contributed by atoms with Crippen molar-refractivity contribution in [3.63, 3.8) is 0 Å². The van der Waals surface area contributed by atoms with Gasteiger partial charge in [0.2, 0.25) is 10.0 Å². The maximum Gasteiger partial charge on any atom is 0.243 e. The quantitative estimate of drug-likeness (QED) is 0.825. The molecule has 0 spiro atoms. The van der Waals surface area contributed by atoms with Gasteiger partial charge < -0.3 is 5.73 Å². The lowest BCUT2D eigenvalue weighted by Gasteiger charge is -2.34. The molecule has 1 aliphatic heterocycles. The minimum atomic E-state index is -3.62. The molecule has 0 aromatic heterocycles. The van der Waals surface area contributed by atoms with Crippen LogP contribution in [0.4, 0.5) is 4.39 Å². The molecule has 0 bridgehead atoms. The number of hydrogen-bond donors (Lipinski definition) is 1. The zero-order valence-corrected chi connectivity index (χ0v) is 15.8. The molecular formula is C14H21BrClFN2O2S. The molecule has 1 fully saturated rings. The molecule has 0 aliphatic carbocycles. The summed E-state index contributed by atoms with van der Waals surface area (Å²) in [7, 11) is -3.62. The van der Waals surface area contributed by atoms with E-state index in [2.05, 4.69) is 15.9 Å². The summed E-state index contributed by atoms with van der Waals surface area (Å²) in [5, 5.41) is 0. The van der Waals surface area contributed by atoms with Crippen molar-refractivity contribution in [2.24, 2.45) is 11.7 Å². The van der Waals surface area contributed by atoms with Gasteiger partial charge in [-0.05, 0) is 66.2 Å². The van der Waals surface area contributed by atoms with Gasteiger partial charge in [-0.15, -0.1) is 12.4 Å². The number of aryl methyl sites for hydroxylation is 1. The van der Waals surface area contributed by atoms with E-state index in [1.54, 1.807) is 6.92 Å². The number of nitrogens with zero attached hydrogens (tertiary/aromatic N) is 1. The number of nitrogens with two attached hydrogens (primary N) is 1. The van der Waals surface area contributed by atoms with Crippen molar-refractivity contribution in [3.05, 3.63) is 28.0 Å². The van der Waals surface area contributed by atoms with Crippen LogP contribution in [0.5, 0.6) is 0 Å². The van der Waals surface area contributed by atoms with E-state index >= 15 is 0 Å². The number of hydrogen-bond acceptors (Lipinski definition) is 3. The summed E-state index contributed by atoms with van der Waals surface area (Å²) < 4.78 is 40.7. The van der Waals surface area contributed by atoms with E-state index in [4.69, 9.17) is 5.73 Å². The average Bonchev–Trinajstić information content (AvgIpc) is 2.42. The smallest absolute Gasteiger partial charge is 0.243 e. The Bertz CT molecular complexity index is 640. The van der Waals surface area contributed by atoms with Crippen LogP contribution in [-0.4, -0.2) is 31.9 Å². The minimum Gasteiger partial charge on any atom is -0.328 e. The molecule has 1 aromatic carbocycles. The average molecular weight is 416 g/mol. The van der Waals surface area contributed by atoms with Gasteiger partial charge >= 0.3 is 0 Å². The lowest BCUT2D eigenvalue weighted by molar-refractivity contribution is 0.243. The van der Waals surface area contributed by atoms with Crippen LogP contribution in [0, 0.1) is 18.7 Å². The van der Waals surface area contributed by atoms with Crippen LogP contribution < -0.4 is 5.73 Å². The normalized spacial score (nSPS) is 21.2. The molecule has 1 heterocycles. The Kier molecular flexibility index (Phi) is 6.83. The van der Waals surface area contributed by atoms with Gasteiger partial charge in [0.15, 0.2) is 0 Å². The number of sulfonamides is 1. The summed E-state index contributed by atoms with van der Waals surface area (Å²) in [4.78, 5) is 0.154. The number of piperidine rings is 1. The minimum absolute atomic E-state index is 0. The van der Waals surface area contributed by atoms with Gasteiger partial charge in [0.1, 0.15) is 5.82 Å². The molecule has 1 aliphatic rings. The van der Waals surface area contributed by atoms with Crippen LogP contribution in [0.25, 0.3) is 0 Å². The maximum atomic E-state index is 13.5. The van der Waals surface area contributed by atoms with Gasteiger partial charge in [0.05, 0.1) is 9.37 Å². The molecular weight excluding hydrogens is 395 g/mol. The fraction of sp³-hybridized carbons (Fsp3) is 0.571. The van der Waals surface area contributed by atoms with Crippen molar-refractivity contribution >= 4 is 38.4 Å². The lowest BCUT2D eigenvalue weighted by Crippen LogP contribution is -2.45. The van der Waals surface area contributed by atoms with Crippen molar-refractivity contribution in [2.75, 3.05) is 13.1 Å². The molecule has 8 heteroatoms. The summed E-state index contributed by atoms with van der Waals surface area (Å²) in [6.07, 6.45) is 1.74. The fourth-order valence-corrected chi connectivity index (χ4v) is 4.93. The number of halogens is 3. The largest absolute Gasteiger partial charge is 0.328 e. The van der Waals surface area contributed by atoms with E-state index in [-0.39, 0.29) is 33.7 Å². The molecule has 1 aromatic rings. The van der Waals surface area contributed by atoms with Crippen molar-refractivity contribution < 1.29 is 12.8 Å². The molecule has 2 N–H and O–H groups in total. The first-order valence-corrected chi connectivity index (χ1v) is 9.18.